The number of imidazole rings is 1. The summed E-state index contributed by atoms with van der Waals surface area (Å²) in [7, 11) is 1.34. The predicted molar refractivity (Wildman–Crippen MR) is 139 cm³/mol. The Morgan fingerprint density at radius 2 is 1.69 bits per heavy atom. The Labute approximate surface area is 207 Å². The average Bonchev–Trinajstić information content (AvgIpc) is 3.20. The Kier molecular flexibility index (Phi) is 6.08. The van der Waals surface area contributed by atoms with Crippen LogP contribution in [0, 0.1) is 6.92 Å². The third-order valence-corrected chi connectivity index (χ3v) is 6.09. The molecule has 0 spiro atoms. The fourth-order valence-electron chi connectivity index (χ4n) is 4.32. The summed E-state index contributed by atoms with van der Waals surface area (Å²) >= 11 is 0. The number of carbonyl (C=O) groups is 1. The summed E-state index contributed by atoms with van der Waals surface area (Å²) in [6.45, 7) is 2.66. The molecule has 3 aromatic carbocycles. The zero-order chi connectivity index (χ0) is 25.2. The van der Waals surface area contributed by atoms with Crippen LogP contribution in [0.2, 0.25) is 0 Å². The molecule has 8 nitrogen and oxygen atoms in total. The second kappa shape index (κ2) is 9.50. The maximum atomic E-state index is 12.7. The van der Waals surface area contributed by atoms with Crippen LogP contribution in [0.5, 0.6) is 0 Å². The van der Waals surface area contributed by atoms with Crippen molar-refractivity contribution in [2.75, 3.05) is 12.8 Å². The number of ether oxygens (including phenoxy) is 1. The van der Waals surface area contributed by atoms with Crippen LogP contribution in [0.25, 0.3) is 22.3 Å². The maximum Gasteiger partial charge on any atom is 0.337 e. The lowest BCUT2D eigenvalue weighted by molar-refractivity contribution is 0.0600. The monoisotopic (exact) mass is 479 g/mol. The highest BCUT2D eigenvalue weighted by molar-refractivity contribution is 5.89. The number of carbonyl (C=O) groups excluding carboxylic acids is 1. The molecular weight excluding hydrogens is 454 g/mol. The molecular formula is C28H25N5O3. The summed E-state index contributed by atoms with van der Waals surface area (Å²) in [6.07, 6.45) is 0. The molecule has 0 fully saturated rings. The molecule has 0 saturated heterocycles. The standard InChI is InChI=1S/C28H25N5O3/c1-18-13-25(34)33(17-20-8-6-10-22(15-20)27(35)36-2)31-26(18)21-9-5-7-19(14-21)16-32-24-12-4-3-11-23(24)30-28(32)29/h3-15H,16-17H2,1-2H3,(H2,29,30). The van der Waals surface area contributed by atoms with Gasteiger partial charge in [-0.2, -0.15) is 5.10 Å². The number of anilines is 1. The highest BCUT2D eigenvalue weighted by Crippen LogP contribution is 2.24. The second-order valence-corrected chi connectivity index (χ2v) is 8.61. The third kappa shape index (κ3) is 4.48. The van der Waals surface area contributed by atoms with Gasteiger partial charge in [0.05, 0.1) is 42.5 Å². The Hall–Kier alpha value is -4.72. The molecule has 0 aliphatic heterocycles. The van der Waals surface area contributed by atoms with E-state index in [4.69, 9.17) is 10.5 Å². The van der Waals surface area contributed by atoms with Gasteiger partial charge in [0, 0.05) is 11.6 Å². The molecule has 0 aliphatic carbocycles. The van der Waals surface area contributed by atoms with Gasteiger partial charge in [-0.3, -0.25) is 4.79 Å². The number of methoxy groups -OCH3 is 1. The molecule has 0 radical (unpaired) electrons. The van der Waals surface area contributed by atoms with E-state index in [1.807, 2.05) is 60.0 Å². The molecule has 0 amide bonds. The number of nitrogens with zero attached hydrogens (tertiary/aromatic N) is 4. The zero-order valence-electron chi connectivity index (χ0n) is 20.0. The van der Waals surface area contributed by atoms with E-state index in [1.54, 1.807) is 24.3 Å². The number of rotatable bonds is 6. The van der Waals surface area contributed by atoms with Crippen LogP contribution < -0.4 is 11.3 Å². The van der Waals surface area contributed by atoms with Crippen molar-refractivity contribution in [3.8, 4) is 11.3 Å². The minimum atomic E-state index is -0.426. The van der Waals surface area contributed by atoms with Crippen molar-refractivity contribution in [3.63, 3.8) is 0 Å². The molecule has 0 saturated carbocycles. The van der Waals surface area contributed by atoms with Crippen LogP contribution in [-0.2, 0) is 17.8 Å². The maximum absolute atomic E-state index is 12.7. The van der Waals surface area contributed by atoms with Crippen molar-refractivity contribution in [1.82, 2.24) is 19.3 Å². The van der Waals surface area contributed by atoms with Crippen LogP contribution in [0.4, 0.5) is 5.95 Å². The number of fused-ring (bicyclic) bond motifs is 1. The summed E-state index contributed by atoms with van der Waals surface area (Å²) in [5, 5.41) is 4.68. The average molecular weight is 480 g/mol. The predicted octanol–water partition coefficient (Wildman–Crippen LogP) is 4.03. The van der Waals surface area contributed by atoms with Crippen molar-refractivity contribution < 1.29 is 9.53 Å². The smallest absolute Gasteiger partial charge is 0.337 e. The van der Waals surface area contributed by atoms with E-state index in [1.165, 1.54) is 11.8 Å². The van der Waals surface area contributed by atoms with Crippen LogP contribution in [0.3, 0.4) is 0 Å². The Morgan fingerprint density at radius 3 is 2.50 bits per heavy atom. The molecule has 2 heterocycles. The fourth-order valence-corrected chi connectivity index (χ4v) is 4.32. The van der Waals surface area contributed by atoms with Gasteiger partial charge in [-0.05, 0) is 53.9 Å². The molecule has 0 bridgehead atoms. The minimum Gasteiger partial charge on any atom is -0.465 e. The van der Waals surface area contributed by atoms with E-state index < -0.39 is 5.97 Å². The molecule has 5 aromatic rings. The number of hydrogen-bond acceptors (Lipinski definition) is 6. The van der Waals surface area contributed by atoms with E-state index in [-0.39, 0.29) is 12.1 Å². The van der Waals surface area contributed by atoms with Crippen LogP contribution >= 0.6 is 0 Å². The van der Waals surface area contributed by atoms with Gasteiger partial charge in [0.2, 0.25) is 5.95 Å². The topological polar surface area (TPSA) is 105 Å². The summed E-state index contributed by atoms with van der Waals surface area (Å²) < 4.78 is 8.19. The highest BCUT2D eigenvalue weighted by atomic mass is 16.5. The molecule has 5 rings (SSSR count). The van der Waals surface area contributed by atoms with E-state index in [0.717, 1.165) is 33.3 Å². The van der Waals surface area contributed by atoms with Gasteiger partial charge < -0.3 is 15.0 Å². The fraction of sp³-hybridized carbons (Fsp3) is 0.143. The first kappa shape index (κ1) is 23.0. The van der Waals surface area contributed by atoms with Gasteiger partial charge in [0.25, 0.3) is 5.56 Å². The van der Waals surface area contributed by atoms with E-state index >= 15 is 0 Å². The van der Waals surface area contributed by atoms with Gasteiger partial charge in [0.15, 0.2) is 0 Å². The van der Waals surface area contributed by atoms with Crippen LogP contribution in [0.15, 0.2) is 83.7 Å². The molecule has 36 heavy (non-hydrogen) atoms. The Bertz CT molecular complexity index is 1650. The molecule has 0 aliphatic rings. The number of aryl methyl sites for hydroxylation is 1. The lowest BCUT2D eigenvalue weighted by atomic mass is 10.0. The second-order valence-electron chi connectivity index (χ2n) is 8.61. The van der Waals surface area contributed by atoms with Gasteiger partial charge >= 0.3 is 5.97 Å². The first-order valence-corrected chi connectivity index (χ1v) is 11.5. The number of para-hydroxylation sites is 2. The van der Waals surface area contributed by atoms with Crippen molar-refractivity contribution in [1.29, 1.82) is 0 Å². The van der Waals surface area contributed by atoms with Gasteiger partial charge in [-0.15, -0.1) is 0 Å². The largest absolute Gasteiger partial charge is 0.465 e. The molecule has 2 N–H and O–H groups in total. The number of nitrogens with two attached hydrogens (primary N) is 1. The Balaban J connectivity index is 1.48. The third-order valence-electron chi connectivity index (χ3n) is 6.09. The van der Waals surface area contributed by atoms with Gasteiger partial charge in [0.1, 0.15) is 0 Å². The lowest BCUT2D eigenvalue weighted by Gasteiger charge is -2.12. The highest BCUT2D eigenvalue weighted by Gasteiger charge is 2.13. The van der Waals surface area contributed by atoms with Crippen molar-refractivity contribution in [2.24, 2.45) is 0 Å². The Morgan fingerprint density at radius 1 is 0.944 bits per heavy atom. The number of hydrogen-bond donors (Lipinski definition) is 1. The number of aromatic nitrogens is 4. The lowest BCUT2D eigenvalue weighted by Crippen LogP contribution is -2.24. The molecule has 0 unspecified atom stereocenters. The molecule has 0 atom stereocenters. The summed E-state index contributed by atoms with van der Waals surface area (Å²) in [5.74, 6) is 0.0310. The SMILES string of the molecule is COC(=O)c1cccc(Cn2nc(-c3cccc(Cn4c(N)nc5ccccc54)c3)c(C)cc2=O)c1. The summed E-state index contributed by atoms with van der Waals surface area (Å²) in [4.78, 5) is 29.1. The van der Waals surface area contributed by atoms with Crippen LogP contribution in [0.1, 0.15) is 27.0 Å². The zero-order valence-corrected chi connectivity index (χ0v) is 20.0. The van der Waals surface area contributed by atoms with Crippen molar-refractivity contribution >= 4 is 23.0 Å². The van der Waals surface area contributed by atoms with Crippen molar-refractivity contribution in [3.05, 3.63) is 111 Å². The first-order chi connectivity index (χ1) is 17.4. The van der Waals surface area contributed by atoms with Crippen LogP contribution in [-0.4, -0.2) is 32.4 Å². The molecule has 180 valence electrons. The quantitative estimate of drug-likeness (QED) is 0.369. The minimum absolute atomic E-state index is 0.214. The summed E-state index contributed by atoms with van der Waals surface area (Å²) in [5.41, 5.74) is 12.4. The van der Waals surface area contributed by atoms with E-state index in [2.05, 4.69) is 16.1 Å². The number of nitrogen functional groups attached to an aromatic ring is 1. The summed E-state index contributed by atoms with van der Waals surface area (Å²) in [6, 6.07) is 24.4. The first-order valence-electron chi connectivity index (χ1n) is 11.5. The number of benzene rings is 3. The van der Waals surface area contributed by atoms with E-state index in [0.29, 0.717) is 23.8 Å². The number of esters is 1. The van der Waals surface area contributed by atoms with Crippen molar-refractivity contribution in [2.45, 2.75) is 20.0 Å². The molecule has 2 aromatic heterocycles. The van der Waals surface area contributed by atoms with Gasteiger partial charge in [-0.1, -0.05) is 42.5 Å². The van der Waals surface area contributed by atoms with Gasteiger partial charge in [-0.25, -0.2) is 14.5 Å². The molecule has 8 heteroatoms. The normalized spacial score (nSPS) is 11.1. The van der Waals surface area contributed by atoms with E-state index in [9.17, 15) is 9.59 Å².